The van der Waals surface area contributed by atoms with E-state index < -0.39 is 5.97 Å². The molecule has 2 N–H and O–H groups in total. The minimum Gasteiger partial charge on any atom is -0.481 e. The van der Waals surface area contributed by atoms with E-state index in [1.54, 1.807) is 0 Å². The van der Waals surface area contributed by atoms with Crippen LogP contribution in [0.25, 0.3) is 0 Å². The molecule has 0 unspecified atom stereocenters. The molecule has 0 amide bonds. The average molecular weight is 281 g/mol. The number of carboxylic acids is 1. The van der Waals surface area contributed by atoms with Crippen molar-refractivity contribution >= 4 is 5.97 Å². The second kappa shape index (κ2) is 12.2. The third-order valence-corrected chi connectivity index (χ3v) is 1.70. The molecule has 0 fully saturated rings. The van der Waals surface area contributed by atoms with Gasteiger partial charge in [-0.15, -0.1) is 0 Å². The average Bonchev–Trinajstić information content (AvgIpc) is 2.02. The van der Waals surface area contributed by atoms with Crippen LogP contribution in [0.15, 0.2) is 0 Å². The maximum Gasteiger partial charge on any atom is 0.303 e. The Balaban J connectivity index is 0. The van der Waals surface area contributed by atoms with Crippen molar-refractivity contribution in [2.75, 3.05) is 13.1 Å². The summed E-state index contributed by atoms with van der Waals surface area (Å²) in [5.74, 6) is -0.691. The Labute approximate surface area is 95.8 Å². The van der Waals surface area contributed by atoms with E-state index in [0.717, 1.165) is 25.9 Å². The van der Waals surface area contributed by atoms with Crippen LogP contribution in [0.1, 0.15) is 39.0 Å². The zero-order valence-corrected chi connectivity index (χ0v) is 9.59. The van der Waals surface area contributed by atoms with Gasteiger partial charge in [0.05, 0.1) is 0 Å². The van der Waals surface area contributed by atoms with Crippen molar-refractivity contribution in [1.82, 2.24) is 5.32 Å². The Bertz CT molecular complexity index is 120. The van der Waals surface area contributed by atoms with Gasteiger partial charge in [0.15, 0.2) is 0 Å². The summed E-state index contributed by atoms with van der Waals surface area (Å²) in [5, 5.41) is 11.6. The monoisotopic (exact) mass is 280 g/mol. The van der Waals surface area contributed by atoms with Crippen molar-refractivity contribution in [3.63, 3.8) is 0 Å². The Morgan fingerprint density at radius 3 is 2.38 bits per heavy atom. The standard InChI is InChI=1S/C9H19NO2.Ag/c1-2-3-7-10-8-5-4-6-9(11)12;/h10H,2-8H2,1H3,(H,11,12);. The van der Waals surface area contributed by atoms with Gasteiger partial charge in [0.1, 0.15) is 0 Å². The molecule has 0 spiro atoms. The Hall–Kier alpha value is 0.170. The second-order valence-corrected chi connectivity index (χ2v) is 2.95. The fourth-order valence-corrected chi connectivity index (χ4v) is 0.953. The van der Waals surface area contributed by atoms with Gasteiger partial charge in [0.25, 0.3) is 0 Å². The molecule has 0 aromatic heterocycles. The number of carboxylic acid groups (broad SMARTS) is 1. The number of hydrogen-bond donors (Lipinski definition) is 2. The van der Waals surface area contributed by atoms with Gasteiger partial charge in [-0.2, -0.15) is 0 Å². The number of hydrogen-bond acceptors (Lipinski definition) is 2. The number of nitrogens with one attached hydrogen (secondary N) is 1. The fraction of sp³-hybridized carbons (Fsp3) is 0.889. The number of aliphatic carboxylic acids is 1. The van der Waals surface area contributed by atoms with Crippen molar-refractivity contribution in [2.45, 2.75) is 39.0 Å². The topological polar surface area (TPSA) is 49.3 Å². The molecule has 13 heavy (non-hydrogen) atoms. The van der Waals surface area contributed by atoms with Gasteiger partial charge >= 0.3 is 5.97 Å². The van der Waals surface area contributed by atoms with Gasteiger partial charge in [0.2, 0.25) is 0 Å². The quantitative estimate of drug-likeness (QED) is 0.525. The van der Waals surface area contributed by atoms with Crippen LogP contribution in [0.5, 0.6) is 0 Å². The van der Waals surface area contributed by atoms with E-state index in [1.165, 1.54) is 12.8 Å². The van der Waals surface area contributed by atoms with Crippen molar-refractivity contribution < 1.29 is 32.3 Å². The molecule has 4 heteroatoms. The summed E-state index contributed by atoms with van der Waals surface area (Å²) >= 11 is 0. The van der Waals surface area contributed by atoms with Crippen LogP contribution in [0.2, 0.25) is 0 Å². The van der Waals surface area contributed by atoms with E-state index in [9.17, 15) is 4.79 Å². The zero-order valence-electron chi connectivity index (χ0n) is 8.11. The molecule has 0 rings (SSSR count). The van der Waals surface area contributed by atoms with E-state index in [2.05, 4.69) is 12.2 Å². The molecule has 83 valence electrons. The first-order valence-corrected chi connectivity index (χ1v) is 4.70. The second-order valence-electron chi connectivity index (χ2n) is 2.95. The van der Waals surface area contributed by atoms with Crippen molar-refractivity contribution in [3.05, 3.63) is 0 Å². The summed E-state index contributed by atoms with van der Waals surface area (Å²) < 4.78 is 0. The predicted molar refractivity (Wildman–Crippen MR) is 49.3 cm³/mol. The zero-order chi connectivity index (χ0) is 9.23. The van der Waals surface area contributed by atoms with E-state index in [4.69, 9.17) is 5.11 Å². The molecule has 1 radical (unpaired) electrons. The van der Waals surface area contributed by atoms with Gasteiger partial charge in [-0.05, 0) is 32.4 Å². The maximum absolute atomic E-state index is 10.1. The first kappa shape index (κ1) is 15.6. The Morgan fingerprint density at radius 2 is 1.85 bits per heavy atom. The summed E-state index contributed by atoms with van der Waals surface area (Å²) in [6.45, 7) is 4.17. The minimum absolute atomic E-state index is 0. The molecule has 3 nitrogen and oxygen atoms in total. The number of carbonyl (C=O) groups is 1. The molecule has 0 saturated carbocycles. The SMILES string of the molecule is CCCCNCCCCC(=O)O.[Ag]. The van der Waals surface area contributed by atoms with Crippen LogP contribution >= 0.6 is 0 Å². The normalized spacial score (nSPS) is 9.31. The van der Waals surface area contributed by atoms with Crippen molar-refractivity contribution in [2.24, 2.45) is 0 Å². The van der Waals surface area contributed by atoms with Crippen LogP contribution < -0.4 is 5.32 Å². The molecule has 0 aliphatic heterocycles. The number of rotatable bonds is 8. The van der Waals surface area contributed by atoms with Gasteiger partial charge in [-0.1, -0.05) is 13.3 Å². The summed E-state index contributed by atoms with van der Waals surface area (Å²) in [6, 6.07) is 0. The van der Waals surface area contributed by atoms with Gasteiger partial charge in [0, 0.05) is 28.8 Å². The first-order valence-electron chi connectivity index (χ1n) is 4.70. The van der Waals surface area contributed by atoms with E-state index in [1.807, 2.05) is 0 Å². The molecule has 0 bridgehead atoms. The first-order chi connectivity index (χ1) is 5.77. The summed E-state index contributed by atoms with van der Waals surface area (Å²) in [5.41, 5.74) is 0. The molecular formula is C9H19AgNO2. The molecule has 0 aliphatic carbocycles. The summed E-state index contributed by atoms with van der Waals surface area (Å²) in [4.78, 5) is 10.1. The smallest absolute Gasteiger partial charge is 0.303 e. The fourth-order valence-electron chi connectivity index (χ4n) is 0.953. The van der Waals surface area contributed by atoms with Crippen LogP contribution in [0.3, 0.4) is 0 Å². The molecule has 0 atom stereocenters. The maximum atomic E-state index is 10.1. The summed E-state index contributed by atoms with van der Waals surface area (Å²) in [7, 11) is 0. The molecule has 0 saturated heterocycles. The molecule has 0 aliphatic rings. The van der Waals surface area contributed by atoms with Crippen molar-refractivity contribution in [1.29, 1.82) is 0 Å². The van der Waals surface area contributed by atoms with Crippen molar-refractivity contribution in [3.8, 4) is 0 Å². The third-order valence-electron chi connectivity index (χ3n) is 1.70. The van der Waals surface area contributed by atoms with Crippen LogP contribution in [-0.2, 0) is 27.2 Å². The van der Waals surface area contributed by atoms with E-state index in [-0.39, 0.29) is 22.4 Å². The summed E-state index contributed by atoms with van der Waals surface area (Å²) in [6.07, 6.45) is 4.47. The largest absolute Gasteiger partial charge is 0.481 e. The third kappa shape index (κ3) is 15.0. The molecule has 0 heterocycles. The van der Waals surface area contributed by atoms with Gasteiger partial charge < -0.3 is 10.4 Å². The van der Waals surface area contributed by atoms with Crippen LogP contribution in [-0.4, -0.2) is 24.2 Å². The molecular weight excluding hydrogens is 262 g/mol. The van der Waals surface area contributed by atoms with Crippen LogP contribution in [0.4, 0.5) is 0 Å². The Kier molecular flexibility index (Phi) is 14.6. The Morgan fingerprint density at radius 1 is 1.23 bits per heavy atom. The predicted octanol–water partition coefficient (Wildman–Crippen LogP) is 1.63. The molecule has 0 aromatic carbocycles. The minimum atomic E-state index is -0.691. The van der Waals surface area contributed by atoms with Gasteiger partial charge in [-0.25, -0.2) is 0 Å². The van der Waals surface area contributed by atoms with E-state index >= 15 is 0 Å². The van der Waals surface area contributed by atoms with Gasteiger partial charge in [-0.3, -0.25) is 4.79 Å². The van der Waals surface area contributed by atoms with E-state index in [0.29, 0.717) is 6.42 Å². The van der Waals surface area contributed by atoms with Crippen LogP contribution in [0, 0.1) is 0 Å². The molecule has 0 aromatic rings. The number of unbranched alkanes of at least 4 members (excludes halogenated alkanes) is 2.